The van der Waals surface area contributed by atoms with E-state index in [1.54, 1.807) is 0 Å². The number of nitriles is 1. The highest BCUT2D eigenvalue weighted by atomic mass is 14.9. The average molecular weight is 308 g/mol. The van der Waals surface area contributed by atoms with E-state index in [0.29, 0.717) is 5.57 Å². The normalized spacial score (nSPS) is 11.8. The molecule has 0 spiro atoms. The van der Waals surface area contributed by atoms with E-state index in [-0.39, 0.29) is 0 Å². The lowest BCUT2D eigenvalue weighted by atomic mass is 10.0. The topological polar surface area (TPSA) is 28.7 Å². The first-order valence-corrected chi connectivity index (χ1v) is 7.92. The van der Waals surface area contributed by atoms with Crippen molar-refractivity contribution in [3.63, 3.8) is 0 Å². The molecule has 2 heteroatoms. The van der Waals surface area contributed by atoms with E-state index in [4.69, 9.17) is 0 Å². The van der Waals surface area contributed by atoms with E-state index in [1.165, 1.54) is 10.8 Å². The van der Waals surface area contributed by atoms with Gasteiger partial charge in [-0.25, -0.2) is 0 Å². The molecule has 1 aromatic heterocycles. The fraction of sp³-hybridized carbons (Fsp3) is 0.0455. The lowest BCUT2D eigenvalue weighted by Crippen LogP contribution is -1.94. The smallest absolute Gasteiger partial charge is 0.101 e. The van der Waals surface area contributed by atoms with Crippen molar-refractivity contribution in [1.82, 2.24) is 4.57 Å². The van der Waals surface area contributed by atoms with Crippen molar-refractivity contribution < 1.29 is 0 Å². The number of rotatable bonds is 2. The molecule has 0 radical (unpaired) electrons. The number of hydrogen-bond acceptors (Lipinski definition) is 1. The number of fused-ring (bicyclic) bond motifs is 2. The molecule has 0 atom stereocenters. The number of allylic oxidation sites excluding steroid dienone is 1. The van der Waals surface area contributed by atoms with E-state index < -0.39 is 0 Å². The van der Waals surface area contributed by atoms with Crippen LogP contribution in [-0.4, -0.2) is 4.57 Å². The minimum atomic E-state index is 0.670. The van der Waals surface area contributed by atoms with Crippen LogP contribution in [0.5, 0.6) is 0 Å². The summed E-state index contributed by atoms with van der Waals surface area (Å²) >= 11 is 0. The van der Waals surface area contributed by atoms with Crippen molar-refractivity contribution in [3.8, 4) is 6.07 Å². The first-order valence-electron chi connectivity index (χ1n) is 7.92. The van der Waals surface area contributed by atoms with Crippen LogP contribution in [0.1, 0.15) is 11.3 Å². The van der Waals surface area contributed by atoms with Crippen molar-refractivity contribution in [1.29, 1.82) is 5.26 Å². The maximum atomic E-state index is 9.67. The number of benzene rings is 3. The molecule has 4 rings (SSSR count). The van der Waals surface area contributed by atoms with Crippen LogP contribution in [0.2, 0.25) is 0 Å². The zero-order valence-corrected chi connectivity index (χ0v) is 13.4. The highest BCUT2D eigenvalue weighted by Gasteiger charge is 2.09. The summed E-state index contributed by atoms with van der Waals surface area (Å²) in [5, 5.41) is 13.2. The van der Waals surface area contributed by atoms with Crippen LogP contribution in [0.4, 0.5) is 0 Å². The number of aryl methyl sites for hydroxylation is 1. The van der Waals surface area contributed by atoms with E-state index in [2.05, 4.69) is 59.2 Å². The molecule has 24 heavy (non-hydrogen) atoms. The Kier molecular flexibility index (Phi) is 3.40. The van der Waals surface area contributed by atoms with Gasteiger partial charge in [-0.3, -0.25) is 0 Å². The van der Waals surface area contributed by atoms with Crippen molar-refractivity contribution in [2.24, 2.45) is 7.05 Å². The molecule has 2 nitrogen and oxygen atoms in total. The SMILES string of the molecule is Cn1c(/C(C#N)=C/c2ccc3ccccc3c2)cc2ccccc21. The Morgan fingerprint density at radius 2 is 1.58 bits per heavy atom. The Hall–Kier alpha value is -3.31. The lowest BCUT2D eigenvalue weighted by molar-refractivity contribution is 0.951. The van der Waals surface area contributed by atoms with Gasteiger partial charge in [0.25, 0.3) is 0 Å². The van der Waals surface area contributed by atoms with Crippen LogP contribution in [0.3, 0.4) is 0 Å². The number of aromatic nitrogens is 1. The molecule has 0 aliphatic carbocycles. The molecule has 0 aliphatic heterocycles. The average Bonchev–Trinajstić information content (AvgIpc) is 2.96. The first kappa shape index (κ1) is 14.3. The van der Waals surface area contributed by atoms with Crippen molar-refractivity contribution in [2.45, 2.75) is 0 Å². The summed E-state index contributed by atoms with van der Waals surface area (Å²) in [5.74, 6) is 0. The largest absolute Gasteiger partial charge is 0.343 e. The quantitative estimate of drug-likeness (QED) is 0.456. The highest BCUT2D eigenvalue weighted by molar-refractivity contribution is 5.95. The molecule has 1 heterocycles. The molecule has 0 N–H and O–H groups in total. The molecule has 0 fully saturated rings. The molecule has 0 aliphatic rings. The molecule has 0 amide bonds. The van der Waals surface area contributed by atoms with Crippen LogP contribution >= 0.6 is 0 Å². The van der Waals surface area contributed by atoms with Gasteiger partial charge >= 0.3 is 0 Å². The lowest BCUT2D eigenvalue weighted by Gasteiger charge is -2.04. The van der Waals surface area contributed by atoms with Gasteiger partial charge in [-0.15, -0.1) is 0 Å². The molecule has 0 saturated carbocycles. The monoisotopic (exact) mass is 308 g/mol. The van der Waals surface area contributed by atoms with E-state index in [0.717, 1.165) is 22.2 Å². The van der Waals surface area contributed by atoms with Gasteiger partial charge in [0.1, 0.15) is 6.07 Å². The zero-order chi connectivity index (χ0) is 16.5. The second kappa shape index (κ2) is 5.72. The first-order chi connectivity index (χ1) is 11.8. The predicted molar refractivity (Wildman–Crippen MR) is 100 cm³/mol. The van der Waals surface area contributed by atoms with Gasteiger partial charge in [-0.05, 0) is 40.6 Å². The Bertz CT molecular complexity index is 1120. The summed E-state index contributed by atoms with van der Waals surface area (Å²) in [6.45, 7) is 0. The van der Waals surface area contributed by atoms with Crippen LogP contribution in [-0.2, 0) is 7.05 Å². The van der Waals surface area contributed by atoms with Gasteiger partial charge in [0.05, 0.1) is 11.3 Å². The third-order valence-corrected chi connectivity index (χ3v) is 4.43. The molecule has 114 valence electrons. The molecule has 0 unspecified atom stereocenters. The van der Waals surface area contributed by atoms with Gasteiger partial charge in [0.2, 0.25) is 0 Å². The minimum Gasteiger partial charge on any atom is -0.343 e. The van der Waals surface area contributed by atoms with Crippen molar-refractivity contribution >= 4 is 33.3 Å². The number of para-hydroxylation sites is 1. The molecular weight excluding hydrogens is 292 g/mol. The summed E-state index contributed by atoms with van der Waals surface area (Å²) in [5.41, 5.74) is 3.78. The second-order valence-electron chi connectivity index (χ2n) is 5.92. The van der Waals surface area contributed by atoms with Crippen LogP contribution in [0, 0.1) is 11.3 Å². The molecule has 0 saturated heterocycles. The van der Waals surface area contributed by atoms with Crippen molar-refractivity contribution in [2.75, 3.05) is 0 Å². The van der Waals surface area contributed by atoms with E-state index in [1.807, 2.05) is 37.4 Å². The maximum Gasteiger partial charge on any atom is 0.101 e. The van der Waals surface area contributed by atoms with Gasteiger partial charge in [-0.1, -0.05) is 54.6 Å². The van der Waals surface area contributed by atoms with Gasteiger partial charge in [0, 0.05) is 18.0 Å². The Morgan fingerprint density at radius 3 is 2.33 bits per heavy atom. The summed E-state index contributed by atoms with van der Waals surface area (Å²) in [6, 6.07) is 27.1. The fourth-order valence-corrected chi connectivity index (χ4v) is 3.18. The van der Waals surface area contributed by atoms with E-state index in [9.17, 15) is 5.26 Å². The fourth-order valence-electron chi connectivity index (χ4n) is 3.18. The maximum absolute atomic E-state index is 9.67. The second-order valence-corrected chi connectivity index (χ2v) is 5.92. The number of nitrogens with zero attached hydrogens (tertiary/aromatic N) is 2. The minimum absolute atomic E-state index is 0.670. The molecular formula is C22H16N2. The van der Waals surface area contributed by atoms with Gasteiger partial charge < -0.3 is 4.57 Å². The molecule has 3 aromatic carbocycles. The Labute approximate surface area is 140 Å². The van der Waals surface area contributed by atoms with Gasteiger partial charge in [0.15, 0.2) is 0 Å². The summed E-state index contributed by atoms with van der Waals surface area (Å²) in [4.78, 5) is 0. The molecule has 4 aromatic rings. The van der Waals surface area contributed by atoms with Crippen LogP contribution < -0.4 is 0 Å². The number of hydrogen-bond donors (Lipinski definition) is 0. The van der Waals surface area contributed by atoms with Crippen LogP contribution in [0.15, 0.2) is 72.8 Å². The third-order valence-electron chi connectivity index (χ3n) is 4.43. The highest BCUT2D eigenvalue weighted by Crippen LogP contribution is 2.26. The summed E-state index contributed by atoms with van der Waals surface area (Å²) < 4.78 is 2.07. The summed E-state index contributed by atoms with van der Waals surface area (Å²) in [6.07, 6.45) is 1.96. The van der Waals surface area contributed by atoms with Crippen molar-refractivity contribution in [3.05, 3.63) is 84.1 Å². The Morgan fingerprint density at radius 1 is 0.875 bits per heavy atom. The summed E-state index contributed by atoms with van der Waals surface area (Å²) in [7, 11) is 2.00. The predicted octanol–water partition coefficient (Wildman–Crippen LogP) is 5.40. The van der Waals surface area contributed by atoms with E-state index >= 15 is 0 Å². The third kappa shape index (κ3) is 2.37. The Balaban J connectivity index is 1.85. The zero-order valence-electron chi connectivity index (χ0n) is 13.4. The standard InChI is InChI=1S/C22H16N2/c1-24-21-9-5-4-8-19(21)14-22(24)20(15-23)13-16-10-11-17-6-2-3-7-18(17)12-16/h2-14H,1H3/b20-13+. The van der Waals surface area contributed by atoms with Crippen LogP contribution in [0.25, 0.3) is 33.3 Å². The molecule has 0 bridgehead atoms. The van der Waals surface area contributed by atoms with Gasteiger partial charge in [-0.2, -0.15) is 5.26 Å².